The number of benzene rings is 2. The number of fused-ring (bicyclic) bond motifs is 1. The average molecular weight is 399 g/mol. The average Bonchev–Trinajstić information content (AvgIpc) is 2.74. The van der Waals surface area contributed by atoms with Gasteiger partial charge in [-0.2, -0.15) is 0 Å². The van der Waals surface area contributed by atoms with E-state index in [4.69, 9.17) is 0 Å². The SMILES string of the molecule is O=C(c1ccccc1)N1CCCc2ccc(NS(=O)(=O)C3CCCCC3)cc21. The highest BCUT2D eigenvalue weighted by Crippen LogP contribution is 2.32. The number of sulfonamides is 1. The number of amides is 1. The van der Waals surface area contributed by atoms with Gasteiger partial charge in [-0.05, 0) is 55.5 Å². The zero-order valence-corrected chi connectivity index (χ0v) is 16.7. The number of anilines is 2. The van der Waals surface area contributed by atoms with Crippen molar-refractivity contribution in [3.8, 4) is 0 Å². The Bertz CT molecular complexity index is 951. The summed E-state index contributed by atoms with van der Waals surface area (Å²) in [4.78, 5) is 14.8. The minimum Gasteiger partial charge on any atom is -0.308 e. The molecule has 0 aromatic heterocycles. The van der Waals surface area contributed by atoms with Crippen LogP contribution in [-0.2, 0) is 16.4 Å². The molecule has 28 heavy (non-hydrogen) atoms. The molecule has 1 fully saturated rings. The minimum absolute atomic E-state index is 0.0474. The Hall–Kier alpha value is -2.34. The third-order valence-electron chi connectivity index (χ3n) is 5.72. The Morgan fingerprint density at radius 2 is 1.71 bits per heavy atom. The van der Waals surface area contributed by atoms with Gasteiger partial charge in [0, 0.05) is 17.8 Å². The second kappa shape index (κ2) is 7.95. The van der Waals surface area contributed by atoms with Crippen LogP contribution in [0.5, 0.6) is 0 Å². The molecule has 148 valence electrons. The Morgan fingerprint density at radius 3 is 2.46 bits per heavy atom. The van der Waals surface area contributed by atoms with Crippen LogP contribution in [0.2, 0.25) is 0 Å². The summed E-state index contributed by atoms with van der Waals surface area (Å²) < 4.78 is 28.3. The second-order valence-electron chi connectivity index (χ2n) is 7.68. The van der Waals surface area contributed by atoms with E-state index >= 15 is 0 Å². The number of aryl methyl sites for hydroxylation is 1. The van der Waals surface area contributed by atoms with Gasteiger partial charge in [0.1, 0.15) is 0 Å². The van der Waals surface area contributed by atoms with Crippen LogP contribution in [0.1, 0.15) is 54.4 Å². The third kappa shape index (κ3) is 3.92. The molecule has 5 nitrogen and oxygen atoms in total. The molecule has 1 aliphatic heterocycles. The molecule has 2 aromatic rings. The van der Waals surface area contributed by atoms with Crippen molar-refractivity contribution in [2.75, 3.05) is 16.2 Å². The van der Waals surface area contributed by atoms with Gasteiger partial charge in [0.25, 0.3) is 5.91 Å². The number of carbonyl (C=O) groups excluding carboxylic acids is 1. The van der Waals surface area contributed by atoms with Crippen LogP contribution in [0, 0.1) is 0 Å². The van der Waals surface area contributed by atoms with Crippen LogP contribution in [0.3, 0.4) is 0 Å². The molecule has 0 unspecified atom stereocenters. The Kier molecular flexibility index (Phi) is 5.40. The fourth-order valence-electron chi connectivity index (χ4n) is 4.21. The first kappa shape index (κ1) is 19.0. The van der Waals surface area contributed by atoms with Gasteiger partial charge < -0.3 is 4.90 Å². The molecule has 2 aliphatic rings. The molecule has 0 atom stereocenters. The number of rotatable bonds is 4. The molecule has 6 heteroatoms. The highest BCUT2D eigenvalue weighted by atomic mass is 32.2. The van der Waals surface area contributed by atoms with E-state index in [0.29, 0.717) is 17.8 Å². The van der Waals surface area contributed by atoms with E-state index in [1.165, 1.54) is 0 Å². The first-order valence-corrected chi connectivity index (χ1v) is 11.6. The topological polar surface area (TPSA) is 66.5 Å². The summed E-state index contributed by atoms with van der Waals surface area (Å²) in [5.74, 6) is -0.0474. The predicted octanol–water partition coefficient (Wildman–Crippen LogP) is 4.35. The van der Waals surface area contributed by atoms with Gasteiger partial charge in [-0.1, -0.05) is 43.5 Å². The summed E-state index contributed by atoms with van der Waals surface area (Å²) in [5, 5.41) is -0.320. The van der Waals surface area contributed by atoms with Crippen molar-refractivity contribution in [2.45, 2.75) is 50.2 Å². The van der Waals surface area contributed by atoms with Crippen molar-refractivity contribution in [2.24, 2.45) is 0 Å². The smallest absolute Gasteiger partial charge is 0.258 e. The number of hydrogen-bond donors (Lipinski definition) is 1. The molecule has 0 spiro atoms. The number of nitrogens with zero attached hydrogens (tertiary/aromatic N) is 1. The standard InChI is InChI=1S/C22H26N2O3S/c25-22(18-8-3-1-4-9-18)24-15-7-10-17-13-14-19(16-21(17)24)23-28(26,27)20-11-5-2-6-12-20/h1,3-4,8-9,13-14,16,20,23H,2,5-7,10-12,15H2. The van der Waals surface area contributed by atoms with Crippen LogP contribution >= 0.6 is 0 Å². The first-order chi connectivity index (χ1) is 13.5. The first-order valence-electron chi connectivity index (χ1n) is 10.1. The van der Waals surface area contributed by atoms with Crippen LogP contribution in [-0.4, -0.2) is 26.1 Å². The fourth-order valence-corrected chi connectivity index (χ4v) is 5.78. The van der Waals surface area contributed by atoms with Gasteiger partial charge in [0.2, 0.25) is 10.0 Å². The second-order valence-corrected chi connectivity index (χ2v) is 9.64. The van der Waals surface area contributed by atoms with Crippen molar-refractivity contribution in [1.29, 1.82) is 0 Å². The Labute approximate surface area is 166 Å². The molecular weight excluding hydrogens is 372 g/mol. The number of nitrogens with one attached hydrogen (secondary N) is 1. The predicted molar refractivity (Wildman–Crippen MR) is 112 cm³/mol. The monoisotopic (exact) mass is 398 g/mol. The van der Waals surface area contributed by atoms with Crippen LogP contribution in [0.15, 0.2) is 48.5 Å². The van der Waals surface area contributed by atoms with Gasteiger partial charge in [0.05, 0.1) is 10.9 Å². The summed E-state index contributed by atoms with van der Waals surface area (Å²) in [5.41, 5.74) is 3.07. The van der Waals surface area contributed by atoms with E-state index in [9.17, 15) is 13.2 Å². The summed E-state index contributed by atoms with van der Waals surface area (Å²) in [7, 11) is -3.41. The molecule has 1 aliphatic carbocycles. The third-order valence-corrected chi connectivity index (χ3v) is 7.59. The Balaban J connectivity index is 1.60. The molecule has 1 amide bonds. The van der Waals surface area contributed by atoms with Gasteiger partial charge in [-0.15, -0.1) is 0 Å². The maximum Gasteiger partial charge on any atom is 0.258 e. The van der Waals surface area contributed by atoms with E-state index in [1.54, 1.807) is 4.90 Å². The molecule has 2 aromatic carbocycles. The Morgan fingerprint density at radius 1 is 0.964 bits per heavy atom. The lowest BCUT2D eigenvalue weighted by atomic mass is 10.00. The van der Waals surface area contributed by atoms with Crippen molar-refractivity contribution in [1.82, 2.24) is 0 Å². The summed E-state index contributed by atoms with van der Waals surface area (Å²) in [6.07, 6.45) is 6.28. The molecule has 1 saturated carbocycles. The molecule has 0 saturated heterocycles. The lowest BCUT2D eigenvalue weighted by Crippen LogP contribution is -2.35. The fraction of sp³-hybridized carbons (Fsp3) is 0.409. The van der Waals surface area contributed by atoms with E-state index in [0.717, 1.165) is 56.2 Å². The van der Waals surface area contributed by atoms with E-state index in [1.807, 2.05) is 48.5 Å². The largest absolute Gasteiger partial charge is 0.308 e. The van der Waals surface area contributed by atoms with Gasteiger partial charge in [0.15, 0.2) is 0 Å². The molecule has 0 bridgehead atoms. The van der Waals surface area contributed by atoms with Crippen LogP contribution < -0.4 is 9.62 Å². The van der Waals surface area contributed by atoms with E-state index in [2.05, 4.69) is 4.72 Å². The minimum atomic E-state index is -3.41. The van der Waals surface area contributed by atoms with Crippen molar-refractivity contribution < 1.29 is 13.2 Å². The van der Waals surface area contributed by atoms with E-state index in [-0.39, 0.29) is 11.2 Å². The summed E-state index contributed by atoms with van der Waals surface area (Å²) >= 11 is 0. The zero-order valence-electron chi connectivity index (χ0n) is 15.9. The zero-order chi connectivity index (χ0) is 19.6. The molecule has 1 heterocycles. The number of carbonyl (C=O) groups is 1. The summed E-state index contributed by atoms with van der Waals surface area (Å²) in [6.45, 7) is 0.638. The van der Waals surface area contributed by atoms with E-state index < -0.39 is 10.0 Å². The van der Waals surface area contributed by atoms with Crippen molar-refractivity contribution >= 4 is 27.3 Å². The normalized spacial score (nSPS) is 17.8. The number of hydrogen-bond acceptors (Lipinski definition) is 3. The highest BCUT2D eigenvalue weighted by Gasteiger charge is 2.28. The van der Waals surface area contributed by atoms with Gasteiger partial charge in [-0.3, -0.25) is 9.52 Å². The highest BCUT2D eigenvalue weighted by molar-refractivity contribution is 7.93. The van der Waals surface area contributed by atoms with Crippen molar-refractivity contribution in [3.05, 3.63) is 59.7 Å². The quantitative estimate of drug-likeness (QED) is 0.832. The van der Waals surface area contributed by atoms with Crippen molar-refractivity contribution in [3.63, 3.8) is 0 Å². The molecule has 0 radical (unpaired) electrons. The lowest BCUT2D eigenvalue weighted by molar-refractivity contribution is 0.0985. The maximum atomic E-state index is 13.0. The maximum absolute atomic E-state index is 13.0. The molecule has 4 rings (SSSR count). The van der Waals surface area contributed by atoms with Gasteiger partial charge >= 0.3 is 0 Å². The van der Waals surface area contributed by atoms with Crippen LogP contribution in [0.25, 0.3) is 0 Å². The van der Waals surface area contributed by atoms with Gasteiger partial charge in [-0.25, -0.2) is 8.42 Å². The molecule has 1 N–H and O–H groups in total. The lowest BCUT2D eigenvalue weighted by Gasteiger charge is -2.30. The summed E-state index contributed by atoms with van der Waals surface area (Å²) in [6, 6.07) is 14.8. The molecular formula is C22H26N2O3S. The van der Waals surface area contributed by atoms with Crippen LogP contribution in [0.4, 0.5) is 11.4 Å².